The van der Waals surface area contributed by atoms with Crippen LogP contribution in [0.3, 0.4) is 0 Å². The van der Waals surface area contributed by atoms with E-state index in [1.807, 2.05) is 0 Å². The molecule has 0 unspecified atom stereocenters. The Hall–Kier alpha value is -1.82. The standard InChI is InChI=1S/C11H6BrFN2O2/c12-8-5-6(13)1-2-7(8)10-14-4-3-9(15-10)11(16)17/h1-5H,(H,16,17). The van der Waals surface area contributed by atoms with Crippen LogP contribution in [0.25, 0.3) is 11.4 Å². The first-order valence-electron chi connectivity index (χ1n) is 4.59. The summed E-state index contributed by atoms with van der Waals surface area (Å²) in [6, 6.07) is 5.31. The van der Waals surface area contributed by atoms with Gasteiger partial charge >= 0.3 is 5.97 Å². The molecular weight excluding hydrogens is 291 g/mol. The zero-order valence-electron chi connectivity index (χ0n) is 8.39. The van der Waals surface area contributed by atoms with E-state index in [1.54, 1.807) is 0 Å². The highest BCUT2D eigenvalue weighted by molar-refractivity contribution is 9.10. The van der Waals surface area contributed by atoms with Gasteiger partial charge in [-0.15, -0.1) is 0 Å². The number of nitrogens with zero attached hydrogens (tertiary/aromatic N) is 2. The van der Waals surface area contributed by atoms with Gasteiger partial charge in [-0.1, -0.05) is 0 Å². The van der Waals surface area contributed by atoms with Gasteiger partial charge in [-0.2, -0.15) is 0 Å². The Morgan fingerprint density at radius 3 is 2.76 bits per heavy atom. The van der Waals surface area contributed by atoms with Crippen molar-refractivity contribution >= 4 is 21.9 Å². The van der Waals surface area contributed by atoms with Crippen LogP contribution in [0.1, 0.15) is 10.5 Å². The summed E-state index contributed by atoms with van der Waals surface area (Å²) in [5.74, 6) is -1.29. The molecule has 1 aromatic carbocycles. The second-order valence-electron chi connectivity index (χ2n) is 3.19. The van der Waals surface area contributed by atoms with Crippen molar-refractivity contribution in [2.24, 2.45) is 0 Å². The number of aromatic carboxylic acids is 1. The van der Waals surface area contributed by atoms with E-state index in [-0.39, 0.29) is 11.5 Å². The number of carboxylic acid groups (broad SMARTS) is 1. The summed E-state index contributed by atoms with van der Waals surface area (Å²) in [5.41, 5.74) is 0.431. The van der Waals surface area contributed by atoms with Crippen molar-refractivity contribution in [1.29, 1.82) is 0 Å². The second kappa shape index (κ2) is 4.58. The average molecular weight is 297 g/mol. The smallest absolute Gasteiger partial charge is 0.354 e. The van der Waals surface area contributed by atoms with E-state index < -0.39 is 11.8 Å². The molecule has 6 heteroatoms. The molecule has 2 rings (SSSR count). The van der Waals surface area contributed by atoms with Gasteiger partial charge in [0.2, 0.25) is 0 Å². The molecule has 0 aliphatic rings. The van der Waals surface area contributed by atoms with E-state index in [1.165, 1.54) is 30.5 Å². The molecular formula is C11H6BrFN2O2. The normalized spacial score (nSPS) is 10.2. The summed E-state index contributed by atoms with van der Waals surface area (Å²) < 4.78 is 13.4. The van der Waals surface area contributed by atoms with Gasteiger partial charge in [-0.05, 0) is 40.2 Å². The molecule has 0 fully saturated rings. The minimum absolute atomic E-state index is 0.105. The Kier molecular flexibility index (Phi) is 3.14. The van der Waals surface area contributed by atoms with Crippen molar-refractivity contribution in [1.82, 2.24) is 9.97 Å². The van der Waals surface area contributed by atoms with Gasteiger partial charge in [-0.25, -0.2) is 19.2 Å². The molecule has 0 spiro atoms. The highest BCUT2D eigenvalue weighted by Gasteiger charge is 2.10. The number of hydrogen-bond acceptors (Lipinski definition) is 3. The summed E-state index contributed by atoms with van der Waals surface area (Å²) in [4.78, 5) is 18.6. The zero-order chi connectivity index (χ0) is 12.4. The summed E-state index contributed by atoms with van der Waals surface area (Å²) >= 11 is 3.18. The molecule has 0 aliphatic carbocycles. The van der Waals surface area contributed by atoms with E-state index in [4.69, 9.17) is 5.11 Å². The van der Waals surface area contributed by atoms with Crippen molar-refractivity contribution in [3.63, 3.8) is 0 Å². The van der Waals surface area contributed by atoms with Crippen LogP contribution in [0.5, 0.6) is 0 Å². The molecule has 4 nitrogen and oxygen atoms in total. The Morgan fingerprint density at radius 1 is 1.35 bits per heavy atom. The highest BCUT2D eigenvalue weighted by atomic mass is 79.9. The highest BCUT2D eigenvalue weighted by Crippen LogP contribution is 2.26. The summed E-state index contributed by atoms with van der Waals surface area (Å²) in [6.45, 7) is 0. The quantitative estimate of drug-likeness (QED) is 0.925. The topological polar surface area (TPSA) is 63.1 Å². The Bertz CT molecular complexity index is 589. The van der Waals surface area contributed by atoms with E-state index in [0.29, 0.717) is 10.0 Å². The molecule has 2 aromatic rings. The fourth-order valence-corrected chi connectivity index (χ4v) is 1.81. The van der Waals surface area contributed by atoms with Gasteiger partial charge in [-0.3, -0.25) is 0 Å². The van der Waals surface area contributed by atoms with Gasteiger partial charge in [0, 0.05) is 16.2 Å². The maximum Gasteiger partial charge on any atom is 0.354 e. The maximum absolute atomic E-state index is 12.9. The van der Waals surface area contributed by atoms with Crippen molar-refractivity contribution < 1.29 is 14.3 Å². The molecule has 0 amide bonds. The van der Waals surface area contributed by atoms with Crippen LogP contribution >= 0.6 is 15.9 Å². The van der Waals surface area contributed by atoms with E-state index in [2.05, 4.69) is 25.9 Å². The molecule has 0 saturated carbocycles. The fraction of sp³-hybridized carbons (Fsp3) is 0. The molecule has 0 aliphatic heterocycles. The summed E-state index contributed by atoms with van der Waals surface area (Å²) in [5, 5.41) is 8.81. The minimum Gasteiger partial charge on any atom is -0.477 e. The maximum atomic E-state index is 12.9. The first-order valence-corrected chi connectivity index (χ1v) is 5.39. The molecule has 0 bridgehead atoms. The van der Waals surface area contributed by atoms with Crippen LogP contribution in [0, 0.1) is 5.82 Å². The van der Waals surface area contributed by atoms with E-state index in [9.17, 15) is 9.18 Å². The van der Waals surface area contributed by atoms with Crippen molar-refractivity contribution in [2.75, 3.05) is 0 Å². The number of hydrogen-bond donors (Lipinski definition) is 1. The van der Waals surface area contributed by atoms with Gasteiger partial charge in [0.1, 0.15) is 5.82 Å². The SMILES string of the molecule is O=C(O)c1ccnc(-c2ccc(F)cc2Br)n1. The Morgan fingerprint density at radius 2 is 2.12 bits per heavy atom. The largest absolute Gasteiger partial charge is 0.477 e. The van der Waals surface area contributed by atoms with Crippen LogP contribution in [-0.2, 0) is 0 Å². The van der Waals surface area contributed by atoms with Crippen molar-refractivity contribution in [2.45, 2.75) is 0 Å². The zero-order valence-corrected chi connectivity index (χ0v) is 9.98. The third-order valence-electron chi connectivity index (χ3n) is 2.05. The lowest BCUT2D eigenvalue weighted by molar-refractivity contribution is 0.0690. The van der Waals surface area contributed by atoms with Crippen molar-refractivity contribution in [3.05, 3.63) is 46.4 Å². The predicted molar refractivity (Wildman–Crippen MR) is 62.1 cm³/mol. The predicted octanol–water partition coefficient (Wildman–Crippen LogP) is 2.74. The first-order chi connectivity index (χ1) is 8.08. The van der Waals surface area contributed by atoms with Crippen LogP contribution in [0.2, 0.25) is 0 Å². The number of carboxylic acids is 1. The number of aromatic nitrogens is 2. The van der Waals surface area contributed by atoms with E-state index >= 15 is 0 Å². The Balaban J connectivity index is 2.53. The molecule has 0 atom stereocenters. The molecule has 0 radical (unpaired) electrons. The van der Waals surface area contributed by atoms with Gasteiger partial charge in [0.15, 0.2) is 11.5 Å². The first kappa shape index (κ1) is 11.7. The van der Waals surface area contributed by atoms with Crippen molar-refractivity contribution in [3.8, 4) is 11.4 Å². The summed E-state index contributed by atoms with van der Waals surface area (Å²) in [7, 11) is 0. The van der Waals surface area contributed by atoms with Crippen LogP contribution in [-0.4, -0.2) is 21.0 Å². The van der Waals surface area contributed by atoms with Crippen LogP contribution in [0.15, 0.2) is 34.9 Å². The molecule has 17 heavy (non-hydrogen) atoms. The lowest BCUT2D eigenvalue weighted by Gasteiger charge is -2.03. The molecule has 0 saturated heterocycles. The van der Waals surface area contributed by atoms with E-state index in [0.717, 1.165) is 0 Å². The van der Waals surface area contributed by atoms with Gasteiger partial charge in [0.25, 0.3) is 0 Å². The van der Waals surface area contributed by atoms with Gasteiger partial charge < -0.3 is 5.11 Å². The van der Waals surface area contributed by atoms with Crippen LogP contribution in [0.4, 0.5) is 4.39 Å². The molecule has 1 heterocycles. The molecule has 86 valence electrons. The lowest BCUT2D eigenvalue weighted by atomic mass is 10.2. The van der Waals surface area contributed by atoms with Gasteiger partial charge in [0.05, 0.1) is 0 Å². The lowest BCUT2D eigenvalue weighted by Crippen LogP contribution is -2.02. The summed E-state index contributed by atoms with van der Waals surface area (Å²) in [6.07, 6.45) is 1.35. The average Bonchev–Trinajstić information content (AvgIpc) is 2.29. The molecule has 1 N–H and O–H groups in total. The fourth-order valence-electron chi connectivity index (χ4n) is 1.28. The third-order valence-corrected chi connectivity index (χ3v) is 2.70. The Labute approximate surface area is 104 Å². The number of halogens is 2. The number of carbonyl (C=O) groups is 1. The minimum atomic E-state index is -1.13. The third kappa shape index (κ3) is 2.47. The second-order valence-corrected chi connectivity index (χ2v) is 4.05. The monoisotopic (exact) mass is 296 g/mol. The molecule has 1 aromatic heterocycles. The van der Waals surface area contributed by atoms with Crippen LogP contribution < -0.4 is 0 Å². The number of rotatable bonds is 2. The number of benzene rings is 1.